The molecule has 0 N–H and O–H groups in total. The van der Waals surface area contributed by atoms with Gasteiger partial charge in [-0.25, -0.2) is 9.36 Å². The maximum atomic E-state index is 13.3. The van der Waals surface area contributed by atoms with Crippen molar-refractivity contribution in [3.05, 3.63) is 32.2 Å². The average molecular weight is 385 g/mol. The minimum absolute atomic E-state index is 0.230. The molecule has 0 bridgehead atoms. The first-order chi connectivity index (χ1) is 13.3. The van der Waals surface area contributed by atoms with Crippen molar-refractivity contribution in [2.45, 2.75) is 71.9 Å². The molecule has 28 heavy (non-hydrogen) atoms. The van der Waals surface area contributed by atoms with E-state index in [2.05, 4.69) is 11.5 Å². The number of ketones is 1. The Hall–Kier alpha value is -2.64. The molecule has 0 radical (unpaired) electrons. The van der Waals surface area contributed by atoms with E-state index in [4.69, 9.17) is 4.98 Å². The van der Waals surface area contributed by atoms with Crippen LogP contribution < -0.4 is 11.2 Å². The Labute approximate surface area is 162 Å². The third-order valence-corrected chi connectivity index (χ3v) is 6.42. The lowest BCUT2D eigenvalue weighted by Crippen LogP contribution is -2.42. The number of Topliss-reactive ketones (excluding diaryl/α,β-unsaturated/α-hetero) is 1. The molecular formula is C20H27N5O3. The molecule has 1 aliphatic rings. The third kappa shape index (κ3) is 2.43. The van der Waals surface area contributed by atoms with Gasteiger partial charge < -0.3 is 4.57 Å². The Morgan fingerprint density at radius 1 is 1.11 bits per heavy atom. The van der Waals surface area contributed by atoms with Crippen LogP contribution in [0.3, 0.4) is 0 Å². The highest BCUT2D eigenvalue weighted by Crippen LogP contribution is 2.33. The van der Waals surface area contributed by atoms with Gasteiger partial charge in [-0.15, -0.1) is 0 Å². The number of aromatic nitrogens is 5. The molecule has 0 spiro atoms. The van der Waals surface area contributed by atoms with Crippen molar-refractivity contribution >= 4 is 22.7 Å². The first-order valence-electron chi connectivity index (χ1n) is 9.97. The van der Waals surface area contributed by atoms with Crippen LogP contribution in [0.2, 0.25) is 0 Å². The summed E-state index contributed by atoms with van der Waals surface area (Å²) < 4.78 is 6.52. The monoisotopic (exact) mass is 385 g/mol. The number of hydrogen-bond acceptors (Lipinski definition) is 4. The lowest BCUT2D eigenvalue weighted by molar-refractivity contribution is -0.119. The van der Waals surface area contributed by atoms with Crippen LogP contribution in [0.15, 0.2) is 9.59 Å². The number of hydrogen-bond donors (Lipinski definition) is 0. The summed E-state index contributed by atoms with van der Waals surface area (Å²) in [6.07, 6.45) is 5.83. The number of imidazole rings is 2. The van der Waals surface area contributed by atoms with Crippen LogP contribution in [0.5, 0.6) is 0 Å². The fourth-order valence-electron chi connectivity index (χ4n) is 4.54. The Morgan fingerprint density at radius 3 is 2.36 bits per heavy atom. The van der Waals surface area contributed by atoms with E-state index in [-0.39, 0.29) is 5.78 Å². The van der Waals surface area contributed by atoms with E-state index >= 15 is 0 Å². The highest BCUT2D eigenvalue weighted by Gasteiger charge is 2.28. The molecule has 1 atom stereocenters. The van der Waals surface area contributed by atoms with E-state index in [0.717, 1.165) is 28.8 Å². The van der Waals surface area contributed by atoms with Crippen molar-refractivity contribution in [2.75, 3.05) is 0 Å². The number of carbonyl (C=O) groups is 1. The maximum absolute atomic E-state index is 13.3. The summed E-state index contributed by atoms with van der Waals surface area (Å²) >= 11 is 0. The lowest BCUT2D eigenvalue weighted by Gasteiger charge is -2.24. The standard InChI is InChI=1S/C20H27N5O3/c1-11-12(2)24-16-17(21-19(24)23(11)15-9-7-6-8-10-15)22(5)20(28)25(18(16)27)13(3)14(4)26/h13,15H,6-10H2,1-5H3/t13-/m0/s1. The molecule has 3 heterocycles. The van der Waals surface area contributed by atoms with Crippen LogP contribution in [0.4, 0.5) is 0 Å². The molecule has 3 aromatic rings. The second-order valence-corrected chi connectivity index (χ2v) is 8.06. The zero-order valence-corrected chi connectivity index (χ0v) is 17.2. The van der Waals surface area contributed by atoms with Gasteiger partial charge in [-0.3, -0.25) is 18.6 Å². The van der Waals surface area contributed by atoms with Gasteiger partial charge in [0.1, 0.15) is 0 Å². The molecule has 0 unspecified atom stereocenters. The third-order valence-electron chi connectivity index (χ3n) is 6.42. The molecule has 8 heteroatoms. The zero-order valence-electron chi connectivity index (χ0n) is 17.2. The van der Waals surface area contributed by atoms with Gasteiger partial charge in [0.15, 0.2) is 16.9 Å². The molecular weight excluding hydrogens is 358 g/mol. The summed E-state index contributed by atoms with van der Waals surface area (Å²) in [6.45, 7) is 7.01. The van der Waals surface area contributed by atoms with Crippen molar-refractivity contribution < 1.29 is 4.79 Å². The minimum atomic E-state index is -0.817. The highest BCUT2D eigenvalue weighted by molar-refractivity contribution is 5.81. The van der Waals surface area contributed by atoms with Crippen LogP contribution >= 0.6 is 0 Å². The summed E-state index contributed by atoms with van der Waals surface area (Å²) in [5.41, 5.74) is 1.79. The largest absolute Gasteiger partial charge is 0.333 e. The summed E-state index contributed by atoms with van der Waals surface area (Å²) in [5.74, 6) is 0.476. The van der Waals surface area contributed by atoms with Crippen molar-refractivity contribution in [1.82, 2.24) is 23.1 Å². The van der Waals surface area contributed by atoms with Crippen molar-refractivity contribution in [1.29, 1.82) is 0 Å². The molecule has 8 nitrogen and oxygen atoms in total. The Morgan fingerprint density at radius 2 is 1.75 bits per heavy atom. The number of carbonyl (C=O) groups excluding carboxylic acids is 1. The van der Waals surface area contributed by atoms with Crippen molar-refractivity contribution in [3.8, 4) is 0 Å². The molecule has 0 amide bonds. The summed E-state index contributed by atoms with van der Waals surface area (Å²) in [7, 11) is 1.60. The van der Waals surface area contributed by atoms with Gasteiger partial charge in [-0.1, -0.05) is 19.3 Å². The molecule has 1 aliphatic carbocycles. The summed E-state index contributed by atoms with van der Waals surface area (Å²) in [4.78, 5) is 42.7. The average Bonchev–Trinajstić information content (AvgIpc) is 3.16. The van der Waals surface area contributed by atoms with E-state index in [1.165, 1.54) is 30.8 Å². The van der Waals surface area contributed by atoms with Gasteiger partial charge in [0, 0.05) is 24.5 Å². The minimum Gasteiger partial charge on any atom is -0.311 e. The van der Waals surface area contributed by atoms with E-state index in [1.54, 1.807) is 14.0 Å². The molecule has 0 aliphatic heterocycles. The number of fused-ring (bicyclic) bond motifs is 3. The quantitative estimate of drug-likeness (QED) is 0.693. The molecule has 3 aromatic heterocycles. The Bertz CT molecular complexity index is 1220. The first kappa shape index (κ1) is 18.7. The van der Waals surface area contributed by atoms with Gasteiger partial charge in [-0.05, 0) is 40.5 Å². The smallest absolute Gasteiger partial charge is 0.311 e. The molecule has 4 rings (SSSR count). The Kier molecular flexibility index (Phi) is 4.32. The molecule has 1 saturated carbocycles. The van der Waals surface area contributed by atoms with Gasteiger partial charge in [-0.2, -0.15) is 4.98 Å². The SMILES string of the molecule is CC(=O)[C@H](C)n1c(=O)c2c(nc3n(C4CCCCC4)c(C)c(C)n23)n(C)c1=O. The van der Waals surface area contributed by atoms with E-state index in [9.17, 15) is 14.4 Å². The first-order valence-corrected chi connectivity index (χ1v) is 9.97. The highest BCUT2D eigenvalue weighted by atomic mass is 16.2. The van der Waals surface area contributed by atoms with Gasteiger partial charge >= 0.3 is 5.69 Å². The van der Waals surface area contributed by atoms with Crippen LogP contribution in [0.25, 0.3) is 16.9 Å². The molecule has 1 fully saturated rings. The summed E-state index contributed by atoms with van der Waals surface area (Å²) in [6, 6.07) is -0.458. The van der Waals surface area contributed by atoms with Crippen LogP contribution in [0.1, 0.15) is 69.4 Å². The number of rotatable bonds is 3. The lowest BCUT2D eigenvalue weighted by atomic mass is 9.95. The van der Waals surface area contributed by atoms with E-state index in [1.807, 2.05) is 11.3 Å². The van der Waals surface area contributed by atoms with E-state index < -0.39 is 17.3 Å². The molecule has 0 aromatic carbocycles. The van der Waals surface area contributed by atoms with E-state index in [0.29, 0.717) is 23.0 Å². The number of aryl methyl sites for hydroxylation is 2. The molecule has 0 saturated heterocycles. The fraction of sp³-hybridized carbons (Fsp3) is 0.600. The van der Waals surface area contributed by atoms with Gasteiger partial charge in [0.2, 0.25) is 5.78 Å². The fourth-order valence-corrected chi connectivity index (χ4v) is 4.54. The van der Waals surface area contributed by atoms with Crippen molar-refractivity contribution in [3.63, 3.8) is 0 Å². The predicted molar refractivity (Wildman–Crippen MR) is 107 cm³/mol. The second-order valence-electron chi connectivity index (χ2n) is 8.06. The second kappa shape index (κ2) is 6.46. The van der Waals surface area contributed by atoms with Gasteiger partial charge in [0.25, 0.3) is 5.56 Å². The topological polar surface area (TPSA) is 83.3 Å². The Balaban J connectivity index is 2.12. The van der Waals surface area contributed by atoms with Crippen LogP contribution in [0, 0.1) is 13.8 Å². The normalized spacial score (nSPS) is 16.9. The zero-order chi connectivity index (χ0) is 20.3. The van der Waals surface area contributed by atoms with Crippen molar-refractivity contribution in [2.24, 2.45) is 7.05 Å². The summed E-state index contributed by atoms with van der Waals surface area (Å²) in [5, 5.41) is 0. The van der Waals surface area contributed by atoms with Crippen LogP contribution in [-0.4, -0.2) is 28.9 Å². The predicted octanol–water partition coefficient (Wildman–Crippen LogP) is 2.42. The van der Waals surface area contributed by atoms with Crippen LogP contribution in [-0.2, 0) is 11.8 Å². The maximum Gasteiger partial charge on any atom is 0.333 e. The van der Waals surface area contributed by atoms with Gasteiger partial charge in [0.05, 0.1) is 6.04 Å². The molecule has 150 valence electrons. The number of nitrogens with zero attached hydrogens (tertiary/aromatic N) is 5.